The van der Waals surface area contributed by atoms with Crippen molar-refractivity contribution in [3.05, 3.63) is 30.2 Å². The van der Waals surface area contributed by atoms with Gasteiger partial charge in [-0.1, -0.05) is 0 Å². The standard InChI is InChI=1S/C21H27N5O4/c1-21(2,3)30-20(29)24-8-4-14(5-9-24)16-13-25-10-6-15(12-17(25)22-16)26-11-7-18(27)23-19(26)28/h6,10,12-14H,4-5,7-9,11H2,1-3H3,(H,23,27,28). The van der Waals surface area contributed by atoms with Crippen molar-refractivity contribution in [1.29, 1.82) is 0 Å². The second kappa shape index (κ2) is 7.62. The van der Waals surface area contributed by atoms with Crippen LogP contribution in [0.25, 0.3) is 5.65 Å². The number of amides is 4. The number of carbonyl (C=O) groups is 3. The molecule has 2 aromatic rings. The topological polar surface area (TPSA) is 96.3 Å². The highest BCUT2D eigenvalue weighted by atomic mass is 16.6. The molecule has 1 N–H and O–H groups in total. The molecule has 0 aliphatic carbocycles. The zero-order valence-corrected chi connectivity index (χ0v) is 17.6. The molecule has 0 bridgehead atoms. The third-order valence-corrected chi connectivity index (χ3v) is 5.39. The van der Waals surface area contributed by atoms with E-state index in [-0.39, 0.29) is 24.3 Å². The van der Waals surface area contributed by atoms with E-state index in [0.717, 1.165) is 24.2 Å². The molecule has 2 aliphatic heterocycles. The van der Waals surface area contributed by atoms with E-state index in [0.29, 0.717) is 25.3 Å². The number of ether oxygens (including phenoxy) is 1. The molecular weight excluding hydrogens is 386 g/mol. The van der Waals surface area contributed by atoms with Gasteiger partial charge < -0.3 is 14.0 Å². The summed E-state index contributed by atoms with van der Waals surface area (Å²) in [6, 6.07) is 3.30. The van der Waals surface area contributed by atoms with Crippen LogP contribution in [-0.4, -0.2) is 57.6 Å². The van der Waals surface area contributed by atoms with Crippen LogP contribution >= 0.6 is 0 Å². The molecule has 30 heavy (non-hydrogen) atoms. The summed E-state index contributed by atoms with van der Waals surface area (Å²) in [4.78, 5) is 43.8. The van der Waals surface area contributed by atoms with Crippen LogP contribution in [0.2, 0.25) is 0 Å². The predicted molar refractivity (Wildman–Crippen MR) is 110 cm³/mol. The number of aromatic nitrogens is 2. The summed E-state index contributed by atoms with van der Waals surface area (Å²) in [7, 11) is 0. The first kappa shape index (κ1) is 20.2. The second-order valence-corrected chi connectivity index (χ2v) is 8.81. The molecule has 0 saturated carbocycles. The number of urea groups is 1. The molecule has 4 amide bonds. The van der Waals surface area contributed by atoms with Crippen LogP contribution in [0.5, 0.6) is 0 Å². The third kappa shape index (κ3) is 4.24. The fraction of sp³-hybridized carbons (Fsp3) is 0.524. The SMILES string of the molecule is CC(C)(C)OC(=O)N1CCC(c2cn3ccc(N4CCC(=O)NC4=O)cc3n2)CC1. The van der Waals surface area contributed by atoms with Gasteiger partial charge in [-0.2, -0.15) is 0 Å². The Kier molecular flexibility index (Phi) is 5.13. The Labute approximate surface area is 175 Å². The number of hydrogen-bond donors (Lipinski definition) is 1. The number of nitrogens with zero attached hydrogens (tertiary/aromatic N) is 4. The number of pyridine rings is 1. The Morgan fingerprint density at radius 1 is 1.20 bits per heavy atom. The number of carbonyl (C=O) groups excluding carboxylic acids is 3. The molecule has 4 rings (SSSR count). The van der Waals surface area contributed by atoms with Crippen molar-refractivity contribution in [1.82, 2.24) is 19.6 Å². The fourth-order valence-corrected chi connectivity index (χ4v) is 3.85. The van der Waals surface area contributed by atoms with Crippen LogP contribution in [0.4, 0.5) is 15.3 Å². The molecule has 0 radical (unpaired) electrons. The number of imide groups is 1. The fourth-order valence-electron chi connectivity index (χ4n) is 3.85. The van der Waals surface area contributed by atoms with E-state index in [9.17, 15) is 14.4 Å². The molecule has 0 aromatic carbocycles. The first-order valence-corrected chi connectivity index (χ1v) is 10.3. The smallest absolute Gasteiger partial charge is 0.410 e. The van der Waals surface area contributed by atoms with Gasteiger partial charge in [0.15, 0.2) is 0 Å². The number of nitrogens with one attached hydrogen (secondary N) is 1. The zero-order chi connectivity index (χ0) is 21.5. The molecule has 0 atom stereocenters. The number of hydrogen-bond acceptors (Lipinski definition) is 5. The van der Waals surface area contributed by atoms with E-state index in [4.69, 9.17) is 9.72 Å². The summed E-state index contributed by atoms with van der Waals surface area (Å²) in [5.74, 6) is 0.0149. The van der Waals surface area contributed by atoms with E-state index in [2.05, 4.69) is 5.32 Å². The largest absolute Gasteiger partial charge is 0.444 e. The highest BCUT2D eigenvalue weighted by Gasteiger charge is 2.29. The van der Waals surface area contributed by atoms with Crippen molar-refractivity contribution in [3.8, 4) is 0 Å². The quantitative estimate of drug-likeness (QED) is 0.817. The maximum absolute atomic E-state index is 12.3. The van der Waals surface area contributed by atoms with Crippen LogP contribution in [0, 0.1) is 0 Å². The van der Waals surface area contributed by atoms with Crippen LogP contribution < -0.4 is 10.2 Å². The number of anilines is 1. The zero-order valence-electron chi connectivity index (χ0n) is 17.6. The minimum absolute atomic E-state index is 0.252. The molecule has 9 heteroatoms. The van der Waals surface area contributed by atoms with E-state index in [1.807, 2.05) is 49.7 Å². The highest BCUT2D eigenvalue weighted by Crippen LogP contribution is 2.29. The molecule has 2 fully saturated rings. The van der Waals surface area contributed by atoms with Gasteiger partial charge in [-0.15, -0.1) is 0 Å². The van der Waals surface area contributed by atoms with Crippen molar-refractivity contribution in [2.24, 2.45) is 0 Å². The third-order valence-electron chi connectivity index (χ3n) is 5.39. The van der Waals surface area contributed by atoms with Gasteiger partial charge in [0.2, 0.25) is 5.91 Å². The number of likely N-dealkylation sites (tertiary alicyclic amines) is 1. The van der Waals surface area contributed by atoms with Crippen molar-refractivity contribution in [3.63, 3.8) is 0 Å². The lowest BCUT2D eigenvalue weighted by Gasteiger charge is -2.32. The van der Waals surface area contributed by atoms with E-state index in [1.165, 1.54) is 0 Å². The molecule has 2 aromatic heterocycles. The molecule has 2 aliphatic rings. The predicted octanol–water partition coefficient (Wildman–Crippen LogP) is 2.90. The average Bonchev–Trinajstić information content (AvgIpc) is 3.10. The number of fused-ring (bicyclic) bond motifs is 1. The Balaban J connectivity index is 1.44. The summed E-state index contributed by atoms with van der Waals surface area (Å²) >= 11 is 0. The number of imidazole rings is 1. The monoisotopic (exact) mass is 413 g/mol. The van der Waals surface area contributed by atoms with Crippen LogP contribution in [0.15, 0.2) is 24.5 Å². The van der Waals surface area contributed by atoms with Crippen molar-refractivity contribution < 1.29 is 19.1 Å². The normalized spacial score (nSPS) is 18.6. The van der Waals surface area contributed by atoms with Crippen LogP contribution in [0.3, 0.4) is 0 Å². The van der Waals surface area contributed by atoms with Gasteiger partial charge in [0.05, 0.1) is 11.4 Å². The van der Waals surface area contributed by atoms with Gasteiger partial charge in [-0.05, 0) is 39.7 Å². The molecule has 0 spiro atoms. The van der Waals surface area contributed by atoms with Crippen molar-refractivity contribution in [2.45, 2.75) is 51.6 Å². The van der Waals surface area contributed by atoms with Gasteiger partial charge in [0.1, 0.15) is 11.2 Å². The first-order valence-electron chi connectivity index (χ1n) is 10.3. The molecule has 160 valence electrons. The molecule has 0 unspecified atom stereocenters. The lowest BCUT2D eigenvalue weighted by atomic mass is 9.94. The van der Waals surface area contributed by atoms with Crippen LogP contribution in [0.1, 0.15) is 51.6 Å². The maximum Gasteiger partial charge on any atom is 0.410 e. The van der Waals surface area contributed by atoms with Crippen molar-refractivity contribution in [2.75, 3.05) is 24.5 Å². The Morgan fingerprint density at radius 3 is 2.60 bits per heavy atom. The Bertz CT molecular complexity index is 985. The summed E-state index contributed by atoms with van der Waals surface area (Å²) < 4.78 is 7.40. The first-order chi connectivity index (χ1) is 14.2. The van der Waals surface area contributed by atoms with Crippen LogP contribution in [-0.2, 0) is 9.53 Å². The summed E-state index contributed by atoms with van der Waals surface area (Å²) in [6.07, 6.45) is 5.55. The van der Waals surface area contributed by atoms with Crippen molar-refractivity contribution >= 4 is 29.4 Å². The van der Waals surface area contributed by atoms with E-state index >= 15 is 0 Å². The minimum atomic E-state index is -0.494. The Hall–Kier alpha value is -3.10. The van der Waals surface area contributed by atoms with Gasteiger partial charge in [0.25, 0.3) is 0 Å². The average molecular weight is 413 g/mol. The molecule has 4 heterocycles. The van der Waals surface area contributed by atoms with Gasteiger partial charge >= 0.3 is 12.1 Å². The van der Waals surface area contributed by atoms with E-state index < -0.39 is 11.6 Å². The van der Waals surface area contributed by atoms with Gasteiger partial charge in [-0.3, -0.25) is 15.0 Å². The summed E-state index contributed by atoms with van der Waals surface area (Å²) in [5, 5.41) is 2.34. The maximum atomic E-state index is 12.3. The molecule has 9 nitrogen and oxygen atoms in total. The molecular formula is C21H27N5O4. The second-order valence-electron chi connectivity index (χ2n) is 8.81. The van der Waals surface area contributed by atoms with E-state index in [1.54, 1.807) is 9.80 Å². The number of rotatable bonds is 2. The lowest BCUT2D eigenvalue weighted by Crippen LogP contribution is -2.49. The molecule has 2 saturated heterocycles. The summed E-state index contributed by atoms with van der Waals surface area (Å²) in [5.41, 5.74) is 1.95. The minimum Gasteiger partial charge on any atom is -0.444 e. The van der Waals surface area contributed by atoms with Gasteiger partial charge in [-0.25, -0.2) is 14.6 Å². The summed E-state index contributed by atoms with van der Waals surface area (Å²) in [6.45, 7) is 7.24. The lowest BCUT2D eigenvalue weighted by molar-refractivity contribution is -0.120. The Morgan fingerprint density at radius 2 is 1.93 bits per heavy atom. The highest BCUT2D eigenvalue weighted by molar-refractivity contribution is 6.05. The van der Waals surface area contributed by atoms with Gasteiger partial charge in [0, 0.05) is 50.4 Å². The number of piperidine rings is 1.